The van der Waals surface area contributed by atoms with Gasteiger partial charge in [0.1, 0.15) is 5.82 Å². The van der Waals surface area contributed by atoms with E-state index in [0.29, 0.717) is 12.1 Å². The molecule has 0 radical (unpaired) electrons. The van der Waals surface area contributed by atoms with E-state index in [9.17, 15) is 0 Å². The van der Waals surface area contributed by atoms with Crippen LogP contribution in [0.25, 0.3) is 0 Å². The summed E-state index contributed by atoms with van der Waals surface area (Å²) in [5, 5.41) is 3.45. The normalized spacial score (nSPS) is 30.6. The van der Waals surface area contributed by atoms with Gasteiger partial charge in [0.25, 0.3) is 0 Å². The first-order valence-corrected chi connectivity index (χ1v) is 7.70. The van der Waals surface area contributed by atoms with Crippen molar-refractivity contribution in [2.45, 2.75) is 63.1 Å². The van der Waals surface area contributed by atoms with Crippen molar-refractivity contribution in [3.8, 4) is 0 Å². The summed E-state index contributed by atoms with van der Waals surface area (Å²) in [6.45, 7) is 2.06. The van der Waals surface area contributed by atoms with Crippen LogP contribution in [0.3, 0.4) is 0 Å². The van der Waals surface area contributed by atoms with Crippen molar-refractivity contribution < 1.29 is 4.74 Å². The second-order valence-electron chi connectivity index (χ2n) is 6.26. The molecule has 1 N–H and O–H groups in total. The molecule has 1 aliphatic heterocycles. The molecule has 104 valence electrons. The predicted molar refractivity (Wildman–Crippen MR) is 73.3 cm³/mol. The molecule has 19 heavy (non-hydrogen) atoms. The molecule has 0 amide bonds. The van der Waals surface area contributed by atoms with Crippen LogP contribution in [0.2, 0.25) is 0 Å². The summed E-state index contributed by atoms with van der Waals surface area (Å²) in [6.07, 6.45) is 7.91. The van der Waals surface area contributed by atoms with Crippen LogP contribution in [0.15, 0.2) is 0 Å². The molecule has 1 aromatic heterocycles. The highest BCUT2D eigenvalue weighted by Gasteiger charge is 2.36. The molecule has 0 aromatic carbocycles. The molecule has 3 aliphatic rings. The van der Waals surface area contributed by atoms with Gasteiger partial charge in [0.2, 0.25) is 0 Å². The van der Waals surface area contributed by atoms with E-state index in [1.54, 1.807) is 0 Å². The number of imidazole rings is 1. The molecular weight excluding hydrogens is 238 g/mol. The van der Waals surface area contributed by atoms with E-state index < -0.39 is 0 Å². The number of hydrogen-bond acceptors (Lipinski definition) is 3. The Hall–Kier alpha value is -0.870. The maximum Gasteiger partial charge on any atom is 0.112 e. The average molecular weight is 261 g/mol. The lowest BCUT2D eigenvalue weighted by atomic mass is 10.1. The monoisotopic (exact) mass is 261 g/mol. The number of rotatable bonds is 3. The number of methoxy groups -OCH3 is 1. The Labute approximate surface area is 114 Å². The van der Waals surface area contributed by atoms with Gasteiger partial charge in [-0.3, -0.25) is 0 Å². The maximum atomic E-state index is 5.55. The van der Waals surface area contributed by atoms with Gasteiger partial charge >= 0.3 is 0 Å². The minimum Gasteiger partial charge on any atom is -0.381 e. The molecule has 1 aromatic rings. The molecule has 0 saturated heterocycles. The van der Waals surface area contributed by atoms with Gasteiger partial charge in [-0.25, -0.2) is 4.98 Å². The Morgan fingerprint density at radius 1 is 1.26 bits per heavy atom. The van der Waals surface area contributed by atoms with E-state index in [-0.39, 0.29) is 0 Å². The summed E-state index contributed by atoms with van der Waals surface area (Å²) < 4.78 is 8.17. The molecule has 4 rings (SSSR count). The minimum atomic E-state index is 0.455. The van der Waals surface area contributed by atoms with Gasteiger partial charge in [-0.2, -0.15) is 0 Å². The van der Waals surface area contributed by atoms with Gasteiger partial charge in [-0.1, -0.05) is 0 Å². The molecular formula is C15H23N3O. The first kappa shape index (κ1) is 11.9. The molecule has 0 spiro atoms. The number of nitrogens with one attached hydrogen (secondary N) is 1. The Bertz CT molecular complexity index is 478. The van der Waals surface area contributed by atoms with E-state index in [4.69, 9.17) is 9.72 Å². The summed E-state index contributed by atoms with van der Waals surface area (Å²) in [4.78, 5) is 4.97. The van der Waals surface area contributed by atoms with Crippen molar-refractivity contribution in [3.05, 3.63) is 17.2 Å². The van der Waals surface area contributed by atoms with E-state index >= 15 is 0 Å². The van der Waals surface area contributed by atoms with Gasteiger partial charge in [-0.05, 0) is 32.1 Å². The van der Waals surface area contributed by atoms with Crippen LogP contribution in [0.5, 0.6) is 0 Å². The SMILES string of the molecule is COC1CCC(n2c(C3CC3)nc3c2CCNC3)C1. The van der Waals surface area contributed by atoms with Crippen LogP contribution in [0, 0.1) is 0 Å². The highest BCUT2D eigenvalue weighted by molar-refractivity contribution is 5.25. The zero-order chi connectivity index (χ0) is 12.8. The van der Waals surface area contributed by atoms with Crippen molar-refractivity contribution in [3.63, 3.8) is 0 Å². The predicted octanol–water partition coefficient (Wildman–Crippen LogP) is 2.15. The molecule has 4 heteroatoms. The topological polar surface area (TPSA) is 39.1 Å². The summed E-state index contributed by atoms with van der Waals surface area (Å²) in [5.74, 6) is 2.13. The Kier molecular flexibility index (Phi) is 2.88. The highest BCUT2D eigenvalue weighted by Crippen LogP contribution is 2.44. The van der Waals surface area contributed by atoms with Crippen molar-refractivity contribution >= 4 is 0 Å². The zero-order valence-electron chi connectivity index (χ0n) is 11.7. The van der Waals surface area contributed by atoms with Gasteiger partial charge in [0, 0.05) is 44.3 Å². The van der Waals surface area contributed by atoms with E-state index in [2.05, 4.69) is 9.88 Å². The average Bonchev–Trinajstić information content (AvgIpc) is 3.06. The van der Waals surface area contributed by atoms with Crippen LogP contribution < -0.4 is 5.32 Å². The first-order chi connectivity index (χ1) is 9.36. The van der Waals surface area contributed by atoms with Gasteiger partial charge in [0.15, 0.2) is 0 Å². The summed E-state index contributed by atoms with van der Waals surface area (Å²) in [6, 6.07) is 0.634. The van der Waals surface area contributed by atoms with E-state index in [0.717, 1.165) is 25.4 Å². The number of fused-ring (bicyclic) bond motifs is 1. The number of ether oxygens (including phenoxy) is 1. The molecule has 2 unspecified atom stereocenters. The molecule has 2 fully saturated rings. The lowest BCUT2D eigenvalue weighted by molar-refractivity contribution is 0.105. The smallest absolute Gasteiger partial charge is 0.112 e. The lowest BCUT2D eigenvalue weighted by Crippen LogP contribution is -2.26. The first-order valence-electron chi connectivity index (χ1n) is 7.70. The molecule has 2 aliphatic carbocycles. The van der Waals surface area contributed by atoms with Crippen molar-refractivity contribution in [2.24, 2.45) is 0 Å². The lowest BCUT2D eigenvalue weighted by Gasteiger charge is -2.21. The largest absolute Gasteiger partial charge is 0.381 e. The Balaban J connectivity index is 1.70. The van der Waals surface area contributed by atoms with Crippen molar-refractivity contribution in [1.82, 2.24) is 14.9 Å². The minimum absolute atomic E-state index is 0.455. The maximum absolute atomic E-state index is 5.55. The molecule has 0 bridgehead atoms. The van der Waals surface area contributed by atoms with Crippen LogP contribution in [-0.2, 0) is 17.7 Å². The Morgan fingerprint density at radius 2 is 2.16 bits per heavy atom. The third-order valence-electron chi connectivity index (χ3n) is 4.95. The molecule has 2 atom stereocenters. The number of hydrogen-bond donors (Lipinski definition) is 1. The van der Waals surface area contributed by atoms with Gasteiger partial charge in [-0.15, -0.1) is 0 Å². The fourth-order valence-corrected chi connectivity index (χ4v) is 3.76. The van der Waals surface area contributed by atoms with Crippen LogP contribution in [0.4, 0.5) is 0 Å². The standard InChI is InChI=1S/C15H23N3O/c1-19-12-5-4-11(8-12)18-14-6-7-16-9-13(14)17-15(18)10-2-3-10/h10-12,16H,2-9H2,1H3. The van der Waals surface area contributed by atoms with Crippen LogP contribution >= 0.6 is 0 Å². The second-order valence-corrected chi connectivity index (χ2v) is 6.26. The summed E-state index contributed by atoms with van der Waals surface area (Å²) >= 11 is 0. The second kappa shape index (κ2) is 4.60. The Morgan fingerprint density at radius 3 is 2.89 bits per heavy atom. The van der Waals surface area contributed by atoms with Crippen molar-refractivity contribution in [1.29, 1.82) is 0 Å². The summed E-state index contributed by atoms with van der Waals surface area (Å²) in [5.41, 5.74) is 2.83. The fourth-order valence-electron chi connectivity index (χ4n) is 3.76. The number of aromatic nitrogens is 2. The van der Waals surface area contributed by atoms with E-state index in [1.165, 1.54) is 49.3 Å². The molecule has 2 heterocycles. The van der Waals surface area contributed by atoms with Crippen LogP contribution in [-0.4, -0.2) is 29.3 Å². The highest BCUT2D eigenvalue weighted by atomic mass is 16.5. The van der Waals surface area contributed by atoms with Crippen molar-refractivity contribution in [2.75, 3.05) is 13.7 Å². The van der Waals surface area contributed by atoms with Gasteiger partial charge < -0.3 is 14.6 Å². The van der Waals surface area contributed by atoms with Gasteiger partial charge in [0.05, 0.1) is 11.8 Å². The quantitative estimate of drug-likeness (QED) is 0.906. The third-order valence-corrected chi connectivity index (χ3v) is 4.95. The summed E-state index contributed by atoms with van der Waals surface area (Å²) in [7, 11) is 1.85. The van der Waals surface area contributed by atoms with E-state index in [1.807, 2.05) is 7.11 Å². The number of nitrogens with zero attached hydrogens (tertiary/aromatic N) is 2. The fraction of sp³-hybridized carbons (Fsp3) is 0.800. The molecule has 4 nitrogen and oxygen atoms in total. The molecule has 2 saturated carbocycles. The van der Waals surface area contributed by atoms with Crippen LogP contribution in [0.1, 0.15) is 61.3 Å². The zero-order valence-corrected chi connectivity index (χ0v) is 11.7. The third kappa shape index (κ3) is 2.01.